The van der Waals surface area contributed by atoms with Crippen molar-refractivity contribution >= 4 is 0 Å². The minimum Gasteiger partial charge on any atom is -0.309 e. The van der Waals surface area contributed by atoms with E-state index in [0.717, 1.165) is 6.04 Å². The van der Waals surface area contributed by atoms with Crippen molar-refractivity contribution in [3.05, 3.63) is 0 Å². The number of nitrogens with zero attached hydrogens (tertiary/aromatic N) is 1. The van der Waals surface area contributed by atoms with E-state index < -0.39 is 0 Å². The average Bonchev–Trinajstić information content (AvgIpc) is 2.36. The lowest BCUT2D eigenvalue weighted by molar-refractivity contribution is 0.0794. The molecule has 0 aromatic heterocycles. The summed E-state index contributed by atoms with van der Waals surface area (Å²) in [5.41, 5.74) is 0.388. The fraction of sp³-hybridized carbons (Fsp3) is 1.00. The van der Waals surface area contributed by atoms with Crippen LogP contribution in [0.3, 0.4) is 0 Å². The third-order valence-corrected chi connectivity index (χ3v) is 4.37. The zero-order valence-corrected chi connectivity index (χ0v) is 11.7. The molecule has 0 spiro atoms. The molecule has 1 aliphatic heterocycles. The second-order valence-corrected chi connectivity index (χ2v) is 5.24. The Balaban J connectivity index is 2.60. The summed E-state index contributed by atoms with van der Waals surface area (Å²) < 4.78 is 0. The van der Waals surface area contributed by atoms with Crippen LogP contribution in [0.25, 0.3) is 0 Å². The molecule has 0 aromatic rings. The van der Waals surface area contributed by atoms with Gasteiger partial charge in [-0.15, -0.1) is 0 Å². The maximum Gasteiger partial charge on any atom is 0.0304 e. The Morgan fingerprint density at radius 2 is 1.88 bits per heavy atom. The van der Waals surface area contributed by atoms with Gasteiger partial charge in [-0.2, -0.15) is 0 Å². The Kier molecular flexibility index (Phi) is 5.77. The van der Waals surface area contributed by atoms with E-state index in [4.69, 9.17) is 0 Å². The summed E-state index contributed by atoms with van der Waals surface area (Å²) in [4.78, 5) is 2.73. The summed E-state index contributed by atoms with van der Waals surface area (Å²) in [6, 6.07) is 0.810. The van der Waals surface area contributed by atoms with Crippen LogP contribution in [-0.2, 0) is 0 Å². The lowest BCUT2D eigenvalue weighted by Crippen LogP contribution is -2.61. The summed E-state index contributed by atoms with van der Waals surface area (Å²) in [6.45, 7) is 12.9. The van der Waals surface area contributed by atoms with Gasteiger partial charge in [-0.25, -0.2) is 0 Å². The number of hydrogen-bond acceptors (Lipinski definition) is 2. The van der Waals surface area contributed by atoms with Crippen molar-refractivity contribution in [2.45, 2.75) is 71.4 Å². The van der Waals surface area contributed by atoms with Gasteiger partial charge in [-0.05, 0) is 25.7 Å². The van der Waals surface area contributed by atoms with Crippen molar-refractivity contribution in [3.8, 4) is 0 Å². The first-order valence-electron chi connectivity index (χ1n) is 7.20. The van der Waals surface area contributed by atoms with E-state index in [1.54, 1.807) is 0 Å². The highest BCUT2D eigenvalue weighted by molar-refractivity contribution is 4.94. The Hall–Kier alpha value is -0.0800. The Bertz CT molecular complexity index is 187. The van der Waals surface area contributed by atoms with Gasteiger partial charge in [0.2, 0.25) is 0 Å². The van der Waals surface area contributed by atoms with Crippen molar-refractivity contribution in [1.29, 1.82) is 0 Å². The van der Waals surface area contributed by atoms with Crippen LogP contribution in [-0.4, -0.2) is 36.1 Å². The molecule has 1 atom stereocenters. The second-order valence-electron chi connectivity index (χ2n) is 5.24. The van der Waals surface area contributed by atoms with Crippen LogP contribution in [0, 0.1) is 0 Å². The second kappa shape index (κ2) is 6.61. The van der Waals surface area contributed by atoms with Crippen LogP contribution in [0.4, 0.5) is 0 Å². The van der Waals surface area contributed by atoms with E-state index in [1.807, 2.05) is 0 Å². The van der Waals surface area contributed by atoms with E-state index >= 15 is 0 Å². The molecule has 0 aliphatic carbocycles. The molecule has 0 bridgehead atoms. The van der Waals surface area contributed by atoms with Gasteiger partial charge in [-0.1, -0.05) is 34.1 Å². The first kappa shape index (κ1) is 14.0. The molecule has 1 fully saturated rings. The third-order valence-electron chi connectivity index (χ3n) is 4.37. The van der Waals surface area contributed by atoms with Gasteiger partial charge in [0.25, 0.3) is 0 Å². The molecule has 96 valence electrons. The van der Waals surface area contributed by atoms with Crippen LogP contribution in [0.15, 0.2) is 0 Å². The number of nitrogens with one attached hydrogen (secondary N) is 1. The van der Waals surface area contributed by atoms with E-state index in [0.29, 0.717) is 5.54 Å². The molecule has 0 amide bonds. The smallest absolute Gasteiger partial charge is 0.0304 e. The van der Waals surface area contributed by atoms with Gasteiger partial charge in [0.15, 0.2) is 0 Å². The Labute approximate surface area is 102 Å². The molecule has 0 saturated carbocycles. The molecule has 2 heteroatoms. The van der Waals surface area contributed by atoms with E-state index in [1.165, 1.54) is 51.7 Å². The van der Waals surface area contributed by atoms with Crippen molar-refractivity contribution in [1.82, 2.24) is 10.2 Å². The molecule has 1 aliphatic rings. The lowest BCUT2D eigenvalue weighted by atomic mass is 9.89. The summed E-state index contributed by atoms with van der Waals surface area (Å²) >= 11 is 0. The van der Waals surface area contributed by atoms with Gasteiger partial charge < -0.3 is 5.32 Å². The molecule has 2 nitrogen and oxygen atoms in total. The zero-order chi connectivity index (χ0) is 12.0. The van der Waals surface area contributed by atoms with E-state index in [2.05, 4.69) is 37.9 Å². The van der Waals surface area contributed by atoms with Crippen LogP contribution in [0.2, 0.25) is 0 Å². The van der Waals surface area contributed by atoms with Gasteiger partial charge in [0, 0.05) is 31.2 Å². The van der Waals surface area contributed by atoms with Crippen molar-refractivity contribution in [2.75, 3.05) is 19.6 Å². The highest BCUT2D eigenvalue weighted by atomic mass is 15.2. The largest absolute Gasteiger partial charge is 0.309 e. The molecular weight excluding hydrogens is 196 g/mol. The molecule has 1 N–H and O–H groups in total. The van der Waals surface area contributed by atoms with Gasteiger partial charge in [-0.3, -0.25) is 4.90 Å². The molecule has 0 radical (unpaired) electrons. The summed E-state index contributed by atoms with van der Waals surface area (Å²) in [5.74, 6) is 0. The van der Waals surface area contributed by atoms with Crippen molar-refractivity contribution in [2.24, 2.45) is 0 Å². The first-order valence-corrected chi connectivity index (χ1v) is 7.20. The topological polar surface area (TPSA) is 15.3 Å². The molecule has 1 heterocycles. The maximum atomic E-state index is 3.74. The fourth-order valence-electron chi connectivity index (χ4n) is 3.00. The van der Waals surface area contributed by atoms with Gasteiger partial charge in [0.1, 0.15) is 0 Å². The van der Waals surface area contributed by atoms with Crippen LogP contribution < -0.4 is 5.32 Å². The summed E-state index contributed by atoms with van der Waals surface area (Å²) in [5, 5.41) is 3.74. The first-order chi connectivity index (χ1) is 7.71. The quantitative estimate of drug-likeness (QED) is 0.749. The molecule has 0 aromatic carbocycles. The molecular formula is C14H30N2. The molecule has 1 saturated heterocycles. The monoisotopic (exact) mass is 226 g/mol. The predicted molar refractivity (Wildman–Crippen MR) is 71.9 cm³/mol. The van der Waals surface area contributed by atoms with Crippen LogP contribution >= 0.6 is 0 Å². The summed E-state index contributed by atoms with van der Waals surface area (Å²) in [6.07, 6.45) is 6.48. The highest BCUT2D eigenvalue weighted by Crippen LogP contribution is 2.23. The molecule has 1 rings (SSSR count). The molecule has 1 unspecified atom stereocenters. The van der Waals surface area contributed by atoms with Crippen LogP contribution in [0.5, 0.6) is 0 Å². The minimum atomic E-state index is 0.388. The predicted octanol–water partition coefficient (Wildman–Crippen LogP) is 3.03. The van der Waals surface area contributed by atoms with Crippen molar-refractivity contribution in [3.63, 3.8) is 0 Å². The summed E-state index contributed by atoms with van der Waals surface area (Å²) in [7, 11) is 0. The molecule has 16 heavy (non-hydrogen) atoms. The Morgan fingerprint density at radius 3 is 2.38 bits per heavy atom. The Morgan fingerprint density at radius 1 is 1.19 bits per heavy atom. The lowest BCUT2D eigenvalue weighted by Gasteiger charge is -2.46. The van der Waals surface area contributed by atoms with Crippen LogP contribution in [0.1, 0.15) is 59.8 Å². The maximum absolute atomic E-state index is 3.74. The fourth-order valence-corrected chi connectivity index (χ4v) is 3.00. The number of piperazine rings is 1. The third kappa shape index (κ3) is 3.21. The highest BCUT2D eigenvalue weighted by Gasteiger charge is 2.33. The van der Waals surface area contributed by atoms with Gasteiger partial charge in [0.05, 0.1) is 0 Å². The SMILES string of the molecule is CCCC(CC)N1CCNC(CC)(CC)C1. The van der Waals surface area contributed by atoms with Gasteiger partial charge >= 0.3 is 0 Å². The van der Waals surface area contributed by atoms with E-state index in [-0.39, 0.29) is 0 Å². The number of hydrogen-bond donors (Lipinski definition) is 1. The minimum absolute atomic E-state index is 0.388. The normalized spacial score (nSPS) is 23.2. The standard InChI is InChI=1S/C14H30N2/c1-5-9-13(6-2)16-11-10-15-14(7-3,8-4)12-16/h13,15H,5-12H2,1-4H3. The average molecular weight is 226 g/mol. The number of rotatable bonds is 6. The zero-order valence-electron chi connectivity index (χ0n) is 11.7. The van der Waals surface area contributed by atoms with Crippen molar-refractivity contribution < 1.29 is 0 Å². The van der Waals surface area contributed by atoms with E-state index in [9.17, 15) is 0 Å².